The highest BCUT2D eigenvalue weighted by atomic mass is 32.2. The van der Waals surface area contributed by atoms with Crippen molar-refractivity contribution in [3.8, 4) is 0 Å². The predicted molar refractivity (Wildman–Crippen MR) is 77.8 cm³/mol. The molecule has 1 fully saturated rings. The van der Waals surface area contributed by atoms with Gasteiger partial charge in [-0.1, -0.05) is 12.8 Å². The van der Waals surface area contributed by atoms with E-state index >= 15 is 0 Å². The Bertz CT molecular complexity index is 606. The average molecular weight is 317 g/mol. The van der Waals surface area contributed by atoms with Gasteiger partial charge >= 0.3 is 5.97 Å². The molecule has 0 bridgehead atoms. The first-order valence-electron chi connectivity index (χ1n) is 6.69. The number of thiophene rings is 1. The van der Waals surface area contributed by atoms with E-state index in [9.17, 15) is 13.2 Å². The lowest BCUT2D eigenvalue weighted by molar-refractivity contribution is 0.0701. The Hall–Kier alpha value is -0.920. The van der Waals surface area contributed by atoms with Crippen LogP contribution in [0.1, 0.15) is 47.8 Å². The third kappa shape index (κ3) is 2.89. The van der Waals surface area contributed by atoms with Crippen LogP contribution in [0.25, 0.3) is 0 Å². The number of hydrogen-bond acceptors (Lipinski definition) is 4. The Morgan fingerprint density at radius 1 is 1.40 bits per heavy atom. The number of carboxylic acids is 1. The first-order chi connectivity index (χ1) is 9.34. The summed E-state index contributed by atoms with van der Waals surface area (Å²) in [6.07, 6.45) is 3.80. The van der Waals surface area contributed by atoms with Gasteiger partial charge in [0.25, 0.3) is 10.0 Å². The van der Waals surface area contributed by atoms with Crippen LogP contribution in [0, 0.1) is 6.92 Å². The van der Waals surface area contributed by atoms with Gasteiger partial charge in [0.1, 0.15) is 9.09 Å². The molecule has 1 aliphatic rings. The Labute approximate surface area is 123 Å². The van der Waals surface area contributed by atoms with Gasteiger partial charge in [0.2, 0.25) is 0 Å². The monoisotopic (exact) mass is 317 g/mol. The number of sulfonamides is 1. The van der Waals surface area contributed by atoms with Crippen LogP contribution in [0.5, 0.6) is 0 Å². The number of carbonyl (C=O) groups is 1. The highest BCUT2D eigenvalue weighted by Gasteiger charge is 2.32. The molecule has 0 spiro atoms. The highest BCUT2D eigenvalue weighted by molar-refractivity contribution is 7.91. The van der Waals surface area contributed by atoms with Gasteiger partial charge < -0.3 is 5.11 Å². The van der Waals surface area contributed by atoms with E-state index in [1.807, 2.05) is 6.92 Å². The Morgan fingerprint density at radius 3 is 2.70 bits per heavy atom. The SMILES string of the molecule is Cc1cc(S(=O)(=O)N2CCCCCC2C)sc1C(=O)O. The minimum atomic E-state index is -3.58. The number of aryl methyl sites for hydroxylation is 1. The summed E-state index contributed by atoms with van der Waals surface area (Å²) >= 11 is 0.848. The van der Waals surface area contributed by atoms with Crippen LogP contribution in [-0.4, -0.2) is 36.4 Å². The zero-order valence-corrected chi connectivity index (χ0v) is 13.3. The van der Waals surface area contributed by atoms with Gasteiger partial charge in [0, 0.05) is 12.6 Å². The minimum Gasteiger partial charge on any atom is -0.477 e. The van der Waals surface area contributed by atoms with Crippen molar-refractivity contribution in [3.63, 3.8) is 0 Å². The molecule has 0 radical (unpaired) electrons. The maximum atomic E-state index is 12.7. The number of carboxylic acid groups (broad SMARTS) is 1. The van der Waals surface area contributed by atoms with E-state index in [4.69, 9.17) is 5.11 Å². The van der Waals surface area contributed by atoms with E-state index in [1.165, 1.54) is 10.4 Å². The summed E-state index contributed by atoms with van der Waals surface area (Å²) < 4.78 is 27.0. The zero-order valence-electron chi connectivity index (χ0n) is 11.6. The first-order valence-corrected chi connectivity index (χ1v) is 8.95. The fourth-order valence-corrected chi connectivity index (χ4v) is 5.72. The van der Waals surface area contributed by atoms with Crippen molar-refractivity contribution in [2.45, 2.75) is 49.8 Å². The molecular formula is C13H19NO4S2. The molecular weight excluding hydrogens is 298 g/mol. The molecule has 1 aliphatic heterocycles. The van der Waals surface area contributed by atoms with Crippen LogP contribution in [0.4, 0.5) is 0 Å². The molecule has 0 amide bonds. The second-order valence-corrected chi connectivity index (χ2v) is 8.37. The lowest BCUT2D eigenvalue weighted by Crippen LogP contribution is -2.37. The summed E-state index contributed by atoms with van der Waals surface area (Å²) in [5.41, 5.74) is 0.503. The van der Waals surface area contributed by atoms with Crippen LogP contribution in [0.3, 0.4) is 0 Å². The van der Waals surface area contributed by atoms with Crippen LogP contribution >= 0.6 is 11.3 Å². The summed E-state index contributed by atoms with van der Waals surface area (Å²) in [7, 11) is -3.58. The first kappa shape index (κ1) is 15.5. The van der Waals surface area contributed by atoms with Gasteiger partial charge in [-0.25, -0.2) is 13.2 Å². The van der Waals surface area contributed by atoms with Crippen LogP contribution in [0.2, 0.25) is 0 Å². The van der Waals surface area contributed by atoms with Crippen molar-refractivity contribution in [1.82, 2.24) is 4.31 Å². The average Bonchev–Trinajstić information content (AvgIpc) is 2.62. The maximum Gasteiger partial charge on any atom is 0.346 e. The van der Waals surface area contributed by atoms with Crippen molar-refractivity contribution in [2.24, 2.45) is 0 Å². The summed E-state index contributed by atoms with van der Waals surface area (Å²) in [6.45, 7) is 4.06. The molecule has 7 heteroatoms. The van der Waals surface area contributed by atoms with E-state index in [-0.39, 0.29) is 15.1 Å². The van der Waals surface area contributed by atoms with Gasteiger partial charge in [-0.3, -0.25) is 0 Å². The van der Waals surface area contributed by atoms with Crippen LogP contribution in [-0.2, 0) is 10.0 Å². The predicted octanol–water partition coefficient (Wildman–Crippen LogP) is 2.71. The lowest BCUT2D eigenvalue weighted by atomic mass is 10.1. The highest BCUT2D eigenvalue weighted by Crippen LogP contribution is 2.31. The fraction of sp³-hybridized carbons (Fsp3) is 0.615. The number of hydrogen-bond donors (Lipinski definition) is 1. The zero-order chi connectivity index (χ0) is 14.9. The van der Waals surface area contributed by atoms with Crippen molar-refractivity contribution < 1.29 is 18.3 Å². The summed E-state index contributed by atoms with van der Waals surface area (Å²) in [5.74, 6) is -1.07. The second kappa shape index (κ2) is 5.83. The van der Waals surface area contributed by atoms with E-state index in [1.54, 1.807) is 6.92 Å². The van der Waals surface area contributed by atoms with E-state index in [0.29, 0.717) is 12.1 Å². The molecule has 2 heterocycles. The summed E-state index contributed by atoms with van der Waals surface area (Å²) in [4.78, 5) is 11.2. The molecule has 0 aliphatic carbocycles. The topological polar surface area (TPSA) is 74.7 Å². The van der Waals surface area contributed by atoms with Gasteiger partial charge in [0.05, 0.1) is 0 Å². The second-order valence-electron chi connectivity index (χ2n) is 5.20. The third-order valence-corrected chi connectivity index (χ3v) is 7.33. The molecule has 5 nitrogen and oxygen atoms in total. The number of rotatable bonds is 3. The number of nitrogens with zero attached hydrogens (tertiary/aromatic N) is 1. The van der Waals surface area contributed by atoms with E-state index in [0.717, 1.165) is 37.0 Å². The molecule has 0 aromatic carbocycles. The van der Waals surface area contributed by atoms with E-state index in [2.05, 4.69) is 0 Å². The van der Waals surface area contributed by atoms with Crippen molar-refractivity contribution in [3.05, 3.63) is 16.5 Å². The van der Waals surface area contributed by atoms with Crippen molar-refractivity contribution in [1.29, 1.82) is 0 Å². The molecule has 0 saturated carbocycles. The molecule has 20 heavy (non-hydrogen) atoms. The van der Waals surface area contributed by atoms with Gasteiger partial charge in [-0.05, 0) is 38.3 Å². The van der Waals surface area contributed by atoms with Crippen molar-refractivity contribution >= 4 is 27.3 Å². The molecule has 1 unspecified atom stereocenters. The summed E-state index contributed by atoms with van der Waals surface area (Å²) in [5, 5.41) is 9.05. The molecule has 1 atom stereocenters. The minimum absolute atomic E-state index is 0.0295. The van der Waals surface area contributed by atoms with E-state index < -0.39 is 16.0 Å². The Kier molecular flexibility index (Phi) is 4.51. The smallest absolute Gasteiger partial charge is 0.346 e. The van der Waals surface area contributed by atoms with Gasteiger partial charge in [0.15, 0.2) is 0 Å². The summed E-state index contributed by atoms with van der Waals surface area (Å²) in [6, 6.07) is 1.44. The maximum absolute atomic E-state index is 12.7. The van der Waals surface area contributed by atoms with Crippen LogP contribution in [0.15, 0.2) is 10.3 Å². The third-order valence-electron chi connectivity index (χ3n) is 3.64. The molecule has 2 rings (SSSR count). The molecule has 1 aromatic heterocycles. The molecule has 1 saturated heterocycles. The quantitative estimate of drug-likeness (QED) is 0.930. The molecule has 112 valence electrons. The molecule has 1 aromatic rings. The largest absolute Gasteiger partial charge is 0.477 e. The number of aromatic carboxylic acids is 1. The fourth-order valence-electron chi connectivity index (χ4n) is 2.51. The van der Waals surface area contributed by atoms with Crippen molar-refractivity contribution in [2.75, 3.05) is 6.54 Å². The van der Waals surface area contributed by atoms with Gasteiger partial charge in [-0.15, -0.1) is 11.3 Å². The lowest BCUT2D eigenvalue weighted by Gasteiger charge is -2.25. The standard InChI is InChI=1S/C13H19NO4S2/c1-9-8-11(19-12(9)13(15)16)20(17,18)14-7-5-3-4-6-10(14)2/h8,10H,3-7H2,1-2H3,(H,15,16). The Morgan fingerprint density at radius 2 is 2.10 bits per heavy atom. The van der Waals surface area contributed by atoms with Gasteiger partial charge in [-0.2, -0.15) is 4.31 Å². The molecule has 1 N–H and O–H groups in total. The Balaban J connectivity index is 2.38. The van der Waals surface area contributed by atoms with Crippen LogP contribution < -0.4 is 0 Å². The normalized spacial score (nSPS) is 21.6.